The maximum Gasteiger partial charge on any atom is 0.223 e. The maximum absolute atomic E-state index is 12.3. The molecule has 2 aliphatic rings. The van der Waals surface area contributed by atoms with Crippen molar-refractivity contribution >= 4 is 23.2 Å². The summed E-state index contributed by atoms with van der Waals surface area (Å²) in [6.45, 7) is 2.60. The number of carbonyl (C=O) groups excluding carboxylic acids is 1. The first kappa shape index (κ1) is 17.2. The maximum atomic E-state index is 12.3. The summed E-state index contributed by atoms with van der Waals surface area (Å²) < 4.78 is 5.45. The third kappa shape index (κ3) is 3.26. The quantitative estimate of drug-likeness (QED) is 0.798. The van der Waals surface area contributed by atoms with Crippen molar-refractivity contribution in [2.24, 2.45) is 0 Å². The second-order valence-corrected chi connectivity index (χ2v) is 7.40. The molecule has 0 saturated carbocycles. The standard InChI is InChI=1S/C21H23ClN2O2/c1-26-17-8-9-18-19(24-11-2-3-21(24)25)10-12-23(20(18)13-17)14-15-4-6-16(22)7-5-15/h4-9,13,19H,2-3,10-12,14H2,1H3. The van der Waals surface area contributed by atoms with Crippen LogP contribution in [0.4, 0.5) is 5.69 Å². The van der Waals surface area contributed by atoms with Crippen LogP contribution in [-0.2, 0) is 11.3 Å². The largest absolute Gasteiger partial charge is 0.497 e. The normalized spacial score (nSPS) is 19.6. The van der Waals surface area contributed by atoms with E-state index in [-0.39, 0.29) is 11.9 Å². The van der Waals surface area contributed by atoms with Crippen LogP contribution in [0.25, 0.3) is 0 Å². The van der Waals surface area contributed by atoms with Gasteiger partial charge in [0.25, 0.3) is 0 Å². The molecule has 0 aromatic heterocycles. The molecule has 1 atom stereocenters. The average molecular weight is 371 g/mol. The van der Waals surface area contributed by atoms with Crippen molar-refractivity contribution in [2.75, 3.05) is 25.1 Å². The fourth-order valence-electron chi connectivity index (χ4n) is 4.06. The van der Waals surface area contributed by atoms with E-state index in [9.17, 15) is 4.79 Å². The highest BCUT2D eigenvalue weighted by atomic mass is 35.5. The molecular formula is C21H23ClN2O2. The van der Waals surface area contributed by atoms with Crippen molar-refractivity contribution in [1.29, 1.82) is 0 Å². The molecule has 0 N–H and O–H groups in total. The van der Waals surface area contributed by atoms with Crippen LogP contribution in [0.1, 0.15) is 36.4 Å². The number of hydrogen-bond donors (Lipinski definition) is 0. The van der Waals surface area contributed by atoms with Crippen LogP contribution in [0.5, 0.6) is 5.75 Å². The lowest BCUT2D eigenvalue weighted by atomic mass is 9.94. The molecule has 0 bridgehead atoms. The minimum absolute atomic E-state index is 0.173. The number of amides is 1. The van der Waals surface area contributed by atoms with Crippen LogP contribution < -0.4 is 9.64 Å². The third-order valence-corrected chi connectivity index (χ3v) is 5.63. The summed E-state index contributed by atoms with van der Waals surface area (Å²) in [6.07, 6.45) is 2.60. The number of methoxy groups -OCH3 is 1. The fraction of sp³-hybridized carbons (Fsp3) is 0.381. The molecule has 2 aromatic carbocycles. The lowest BCUT2D eigenvalue weighted by Crippen LogP contribution is -2.38. The van der Waals surface area contributed by atoms with Crippen LogP contribution >= 0.6 is 11.6 Å². The van der Waals surface area contributed by atoms with Crippen molar-refractivity contribution in [3.05, 3.63) is 58.6 Å². The first-order chi connectivity index (χ1) is 12.7. The number of nitrogens with zero attached hydrogens (tertiary/aromatic N) is 2. The highest BCUT2D eigenvalue weighted by Crippen LogP contribution is 2.41. The van der Waals surface area contributed by atoms with Gasteiger partial charge in [-0.1, -0.05) is 29.8 Å². The Bertz CT molecular complexity index is 806. The van der Waals surface area contributed by atoms with Crippen molar-refractivity contribution < 1.29 is 9.53 Å². The first-order valence-corrected chi connectivity index (χ1v) is 9.50. The highest BCUT2D eigenvalue weighted by Gasteiger charge is 2.34. The second-order valence-electron chi connectivity index (χ2n) is 6.97. The van der Waals surface area contributed by atoms with E-state index in [4.69, 9.17) is 16.3 Å². The Hall–Kier alpha value is -2.20. The highest BCUT2D eigenvalue weighted by molar-refractivity contribution is 6.30. The summed E-state index contributed by atoms with van der Waals surface area (Å²) in [5.41, 5.74) is 3.61. The van der Waals surface area contributed by atoms with Crippen molar-refractivity contribution in [2.45, 2.75) is 31.8 Å². The molecule has 2 heterocycles. The number of ether oxygens (including phenoxy) is 1. The molecule has 4 nitrogen and oxygen atoms in total. The van der Waals surface area contributed by atoms with E-state index in [1.54, 1.807) is 7.11 Å². The minimum atomic E-state index is 0.173. The molecule has 136 valence electrons. The number of halogens is 1. The van der Waals surface area contributed by atoms with Gasteiger partial charge in [-0.2, -0.15) is 0 Å². The van der Waals surface area contributed by atoms with Gasteiger partial charge in [0, 0.05) is 42.8 Å². The summed E-state index contributed by atoms with van der Waals surface area (Å²) >= 11 is 6.01. The van der Waals surface area contributed by atoms with Gasteiger partial charge in [-0.05, 0) is 42.2 Å². The summed E-state index contributed by atoms with van der Waals surface area (Å²) in [5, 5.41) is 0.752. The van der Waals surface area contributed by atoms with E-state index in [1.165, 1.54) is 11.1 Å². The Kier molecular flexibility index (Phi) is 4.77. The Labute approximate surface area is 159 Å². The monoisotopic (exact) mass is 370 g/mol. The average Bonchev–Trinajstić information content (AvgIpc) is 3.09. The molecule has 4 rings (SSSR count). The number of rotatable bonds is 4. The summed E-state index contributed by atoms with van der Waals surface area (Å²) in [5.74, 6) is 1.13. The Morgan fingerprint density at radius 3 is 2.65 bits per heavy atom. The first-order valence-electron chi connectivity index (χ1n) is 9.12. The molecular weight excluding hydrogens is 348 g/mol. The minimum Gasteiger partial charge on any atom is -0.497 e. The van der Waals surface area contributed by atoms with Crippen LogP contribution in [0.2, 0.25) is 5.02 Å². The SMILES string of the molecule is COc1ccc2c(c1)N(Cc1ccc(Cl)cc1)CCC2N1CCCC1=O. The van der Waals surface area contributed by atoms with Gasteiger partial charge in [0.15, 0.2) is 0 Å². The van der Waals surface area contributed by atoms with E-state index in [1.807, 2.05) is 18.2 Å². The number of anilines is 1. The number of likely N-dealkylation sites (tertiary alicyclic amines) is 1. The van der Waals surface area contributed by atoms with E-state index < -0.39 is 0 Å². The van der Waals surface area contributed by atoms with Gasteiger partial charge in [0.1, 0.15) is 5.75 Å². The molecule has 0 spiro atoms. The van der Waals surface area contributed by atoms with Crippen LogP contribution in [0.3, 0.4) is 0 Å². The van der Waals surface area contributed by atoms with Crippen LogP contribution in [0, 0.1) is 0 Å². The van der Waals surface area contributed by atoms with Crippen molar-refractivity contribution in [3.63, 3.8) is 0 Å². The zero-order valence-corrected chi connectivity index (χ0v) is 15.7. The topological polar surface area (TPSA) is 32.8 Å². The number of fused-ring (bicyclic) bond motifs is 1. The third-order valence-electron chi connectivity index (χ3n) is 5.38. The predicted octanol–water partition coefficient (Wildman–Crippen LogP) is 4.42. The number of hydrogen-bond acceptors (Lipinski definition) is 3. The summed E-state index contributed by atoms with van der Waals surface area (Å²) in [4.78, 5) is 16.7. The van der Waals surface area contributed by atoms with Gasteiger partial charge in [-0.3, -0.25) is 4.79 Å². The molecule has 1 amide bonds. The van der Waals surface area contributed by atoms with Gasteiger partial charge in [0.05, 0.1) is 13.2 Å². The summed E-state index contributed by atoms with van der Waals surface area (Å²) in [7, 11) is 1.69. The lowest BCUT2D eigenvalue weighted by molar-refractivity contribution is -0.130. The van der Waals surface area contributed by atoms with Gasteiger partial charge in [-0.15, -0.1) is 0 Å². The smallest absolute Gasteiger partial charge is 0.223 e. The molecule has 0 radical (unpaired) electrons. The zero-order valence-electron chi connectivity index (χ0n) is 15.0. The molecule has 1 unspecified atom stereocenters. The van der Waals surface area contributed by atoms with Crippen molar-refractivity contribution in [1.82, 2.24) is 4.90 Å². The van der Waals surface area contributed by atoms with Gasteiger partial charge in [0.2, 0.25) is 5.91 Å². The Morgan fingerprint density at radius 2 is 1.96 bits per heavy atom. The number of benzene rings is 2. The fourth-order valence-corrected chi connectivity index (χ4v) is 4.18. The number of carbonyl (C=O) groups is 1. The molecule has 2 aliphatic heterocycles. The molecule has 26 heavy (non-hydrogen) atoms. The van der Waals surface area contributed by atoms with E-state index >= 15 is 0 Å². The zero-order chi connectivity index (χ0) is 18.1. The molecule has 5 heteroatoms. The second kappa shape index (κ2) is 7.20. The van der Waals surface area contributed by atoms with Gasteiger partial charge in [-0.25, -0.2) is 0 Å². The molecule has 1 fully saturated rings. The Morgan fingerprint density at radius 1 is 1.15 bits per heavy atom. The van der Waals surface area contributed by atoms with Crippen LogP contribution in [0.15, 0.2) is 42.5 Å². The predicted molar refractivity (Wildman–Crippen MR) is 104 cm³/mol. The molecule has 0 aliphatic carbocycles. The van der Waals surface area contributed by atoms with E-state index in [0.29, 0.717) is 6.42 Å². The summed E-state index contributed by atoms with van der Waals surface area (Å²) in [6, 6.07) is 14.4. The molecule has 1 saturated heterocycles. The van der Waals surface area contributed by atoms with E-state index in [0.717, 1.165) is 48.9 Å². The van der Waals surface area contributed by atoms with E-state index in [2.05, 4.69) is 34.1 Å². The molecule has 2 aromatic rings. The van der Waals surface area contributed by atoms with Gasteiger partial charge < -0.3 is 14.5 Å². The van der Waals surface area contributed by atoms with Gasteiger partial charge >= 0.3 is 0 Å². The van der Waals surface area contributed by atoms with Crippen molar-refractivity contribution in [3.8, 4) is 5.75 Å². The van der Waals surface area contributed by atoms with Crippen LogP contribution in [-0.4, -0.2) is 31.0 Å². The lowest BCUT2D eigenvalue weighted by Gasteiger charge is -2.39. The Balaban J connectivity index is 1.66.